The van der Waals surface area contributed by atoms with Crippen molar-refractivity contribution < 1.29 is 35.9 Å². The zero-order chi connectivity index (χ0) is 22.0. The topological polar surface area (TPSA) is 53.3 Å². The molecule has 0 aliphatic heterocycles. The first kappa shape index (κ1) is 22.8. The highest BCUT2D eigenvalue weighted by Crippen LogP contribution is 2.43. The fourth-order valence-corrected chi connectivity index (χ4v) is 3.13. The molecule has 1 amide bonds. The van der Waals surface area contributed by atoms with E-state index in [1.54, 1.807) is 18.2 Å². The number of carbonyl (C=O) groups is 1. The van der Waals surface area contributed by atoms with Gasteiger partial charge in [-0.2, -0.15) is 31.6 Å². The van der Waals surface area contributed by atoms with Crippen LogP contribution in [0.1, 0.15) is 16.7 Å². The largest absolute Gasteiger partial charge is 0.420 e. The van der Waals surface area contributed by atoms with Crippen LogP contribution in [0.5, 0.6) is 5.75 Å². The fourth-order valence-electron chi connectivity index (χ4n) is 2.40. The molecule has 154 valence electrons. The highest BCUT2D eigenvalue weighted by molar-refractivity contribution is 14.1. The third-order valence-electron chi connectivity index (χ3n) is 3.76. The number of alkyl halides is 6. The molecule has 0 aliphatic carbocycles. The Kier molecular flexibility index (Phi) is 6.67. The maximum absolute atomic E-state index is 13.3. The van der Waals surface area contributed by atoms with E-state index in [2.05, 4.69) is 0 Å². The lowest BCUT2D eigenvalue weighted by Gasteiger charge is -2.22. The lowest BCUT2D eigenvalue weighted by atomic mass is 10.1. The van der Waals surface area contributed by atoms with E-state index in [9.17, 15) is 31.1 Å². The summed E-state index contributed by atoms with van der Waals surface area (Å²) in [6.45, 7) is 0. The lowest BCUT2D eigenvalue weighted by molar-refractivity contribution is -0.143. The summed E-state index contributed by atoms with van der Waals surface area (Å²) in [5, 5.41) is 8.85. The number of nitriles is 1. The number of halogens is 7. The first-order valence-corrected chi connectivity index (χ1v) is 8.82. The minimum Gasteiger partial charge on any atom is -0.408 e. The second kappa shape index (κ2) is 8.48. The zero-order valence-electron chi connectivity index (χ0n) is 14.5. The van der Waals surface area contributed by atoms with Crippen molar-refractivity contribution >= 4 is 34.4 Å². The van der Waals surface area contributed by atoms with Crippen molar-refractivity contribution in [2.24, 2.45) is 0 Å². The minimum atomic E-state index is -5.19. The Balaban J connectivity index is 2.46. The Hall–Kier alpha value is -2.49. The van der Waals surface area contributed by atoms with Gasteiger partial charge >= 0.3 is 18.4 Å². The van der Waals surface area contributed by atoms with Crippen molar-refractivity contribution in [1.82, 2.24) is 0 Å². The fraction of sp³-hybridized carbons (Fsp3) is 0.222. The van der Waals surface area contributed by atoms with Crippen molar-refractivity contribution in [3.05, 3.63) is 56.7 Å². The number of anilines is 1. The Labute approximate surface area is 174 Å². The molecule has 0 unspecified atom stereocenters. The van der Waals surface area contributed by atoms with Crippen molar-refractivity contribution in [1.29, 1.82) is 5.26 Å². The van der Waals surface area contributed by atoms with E-state index in [1.165, 1.54) is 35.7 Å². The molecule has 0 radical (unpaired) electrons. The van der Waals surface area contributed by atoms with Crippen LogP contribution in [0, 0.1) is 14.9 Å². The summed E-state index contributed by atoms with van der Waals surface area (Å²) >= 11 is 1.24. The molecular weight excluding hydrogens is 517 g/mol. The van der Waals surface area contributed by atoms with Gasteiger partial charge in [0.15, 0.2) is 5.75 Å². The average molecular weight is 528 g/mol. The summed E-state index contributed by atoms with van der Waals surface area (Å²) < 4.78 is 82.9. The van der Waals surface area contributed by atoms with Gasteiger partial charge in [-0.25, -0.2) is 4.79 Å². The number of benzene rings is 2. The van der Waals surface area contributed by atoms with Crippen LogP contribution in [0.2, 0.25) is 0 Å². The van der Waals surface area contributed by atoms with Gasteiger partial charge in [0, 0.05) is 7.05 Å². The molecule has 0 spiro atoms. The van der Waals surface area contributed by atoms with E-state index in [1.807, 2.05) is 6.07 Å². The molecule has 0 N–H and O–H groups in total. The van der Waals surface area contributed by atoms with Crippen LogP contribution in [0.15, 0.2) is 36.4 Å². The first-order valence-electron chi connectivity index (χ1n) is 7.74. The molecule has 2 aromatic carbocycles. The maximum atomic E-state index is 13.3. The van der Waals surface area contributed by atoms with Gasteiger partial charge < -0.3 is 4.74 Å². The first-order chi connectivity index (χ1) is 13.4. The van der Waals surface area contributed by atoms with Gasteiger partial charge in [0.25, 0.3) is 0 Å². The number of ether oxygens (including phenoxy) is 1. The highest BCUT2D eigenvalue weighted by atomic mass is 127. The van der Waals surface area contributed by atoms with Crippen molar-refractivity contribution in [3.8, 4) is 11.8 Å². The molecule has 0 atom stereocenters. The second-order valence-corrected chi connectivity index (χ2v) is 6.88. The summed E-state index contributed by atoms with van der Waals surface area (Å²) in [6, 6.07) is 8.40. The van der Waals surface area contributed by atoms with E-state index in [-0.39, 0.29) is 18.2 Å². The summed E-state index contributed by atoms with van der Waals surface area (Å²) in [7, 11) is 1.21. The van der Waals surface area contributed by atoms with Crippen molar-refractivity contribution in [2.45, 2.75) is 18.8 Å². The van der Waals surface area contributed by atoms with Crippen molar-refractivity contribution in [2.75, 3.05) is 11.9 Å². The van der Waals surface area contributed by atoms with E-state index >= 15 is 0 Å². The smallest absolute Gasteiger partial charge is 0.408 e. The van der Waals surface area contributed by atoms with Crippen LogP contribution in [-0.2, 0) is 18.8 Å². The molecule has 4 nitrogen and oxygen atoms in total. The normalized spacial score (nSPS) is 11.7. The van der Waals surface area contributed by atoms with Crippen LogP contribution in [0.3, 0.4) is 0 Å². The molecule has 0 bridgehead atoms. The molecule has 0 saturated carbocycles. The molecule has 11 heteroatoms. The number of amides is 1. The van der Waals surface area contributed by atoms with Gasteiger partial charge in [0.05, 0.1) is 27.3 Å². The number of para-hydroxylation sites is 1. The average Bonchev–Trinajstić information content (AvgIpc) is 2.61. The van der Waals surface area contributed by atoms with E-state index in [4.69, 9.17) is 10.00 Å². The Morgan fingerprint density at radius 1 is 1.14 bits per heavy atom. The molecule has 2 rings (SSSR count). The third kappa shape index (κ3) is 5.31. The number of rotatable bonds is 3. The van der Waals surface area contributed by atoms with Gasteiger partial charge in [-0.15, -0.1) is 0 Å². The van der Waals surface area contributed by atoms with E-state index in [0.717, 1.165) is 4.90 Å². The third-order valence-corrected chi connectivity index (χ3v) is 4.56. The summed E-state index contributed by atoms with van der Waals surface area (Å²) in [5.74, 6) is -1.03. The Bertz CT molecular complexity index is 966. The molecular formula is C18H11F6IN2O2. The number of nitrogens with zero attached hydrogens (tertiary/aromatic N) is 2. The number of carbonyl (C=O) groups excluding carboxylic acids is 1. The molecule has 0 heterocycles. The summed E-state index contributed by atoms with van der Waals surface area (Å²) in [6.07, 6.45) is -11.5. The van der Waals surface area contributed by atoms with Gasteiger partial charge in [-0.05, 0) is 46.4 Å². The number of hydrogen-bond donors (Lipinski definition) is 0. The van der Waals surface area contributed by atoms with E-state index < -0.39 is 38.9 Å². The highest BCUT2D eigenvalue weighted by Gasteiger charge is 2.41. The van der Waals surface area contributed by atoms with Crippen LogP contribution in [-0.4, -0.2) is 13.1 Å². The van der Waals surface area contributed by atoms with E-state index in [0.29, 0.717) is 11.6 Å². The maximum Gasteiger partial charge on any atom is 0.420 e. The Morgan fingerprint density at radius 2 is 1.76 bits per heavy atom. The molecule has 0 aliphatic rings. The molecule has 0 aromatic heterocycles. The second-order valence-electron chi connectivity index (χ2n) is 5.72. The Morgan fingerprint density at radius 3 is 2.31 bits per heavy atom. The molecule has 29 heavy (non-hydrogen) atoms. The molecule has 2 aromatic rings. The number of hydrogen-bond acceptors (Lipinski definition) is 3. The standard InChI is InChI=1S/C18H11F6IN2O2/c1-27(14-5-3-2-4-10(14)6-7-26)16(28)29-15-12(18(22,23)24)8-11(9-13(15)25)17(19,20)21/h2-5,8-9H,6H2,1H3. The summed E-state index contributed by atoms with van der Waals surface area (Å²) in [5.41, 5.74) is -2.59. The lowest BCUT2D eigenvalue weighted by Crippen LogP contribution is -2.31. The molecule has 0 fully saturated rings. The monoisotopic (exact) mass is 528 g/mol. The van der Waals surface area contributed by atoms with Crippen molar-refractivity contribution in [3.63, 3.8) is 0 Å². The van der Waals surface area contributed by atoms with Crippen LogP contribution in [0.4, 0.5) is 36.8 Å². The van der Waals surface area contributed by atoms with Gasteiger partial charge in [0.1, 0.15) is 5.56 Å². The van der Waals surface area contributed by atoms with Crippen LogP contribution in [0.25, 0.3) is 0 Å². The predicted octanol–water partition coefficient (Wildman–Crippen LogP) is 6.03. The zero-order valence-corrected chi connectivity index (χ0v) is 16.7. The molecule has 0 saturated heterocycles. The van der Waals surface area contributed by atoms with Gasteiger partial charge in [-0.1, -0.05) is 18.2 Å². The minimum absolute atomic E-state index is 0.0700. The van der Waals surface area contributed by atoms with Crippen LogP contribution < -0.4 is 9.64 Å². The quantitative estimate of drug-likeness (QED) is 0.361. The predicted molar refractivity (Wildman–Crippen MR) is 99.3 cm³/mol. The SMILES string of the molecule is CN(C(=O)Oc1c(I)cc(C(F)(F)F)cc1C(F)(F)F)c1ccccc1CC#N. The van der Waals surface area contributed by atoms with Gasteiger partial charge in [0.2, 0.25) is 0 Å². The van der Waals surface area contributed by atoms with Gasteiger partial charge in [-0.3, -0.25) is 4.90 Å². The van der Waals surface area contributed by atoms with Crippen LogP contribution >= 0.6 is 22.6 Å². The summed E-state index contributed by atoms with van der Waals surface area (Å²) in [4.78, 5) is 13.3.